The third-order valence-corrected chi connectivity index (χ3v) is 4.26. The van der Waals surface area contributed by atoms with Crippen LogP contribution in [0.3, 0.4) is 0 Å². The second-order valence-electron chi connectivity index (χ2n) is 6.02. The Labute approximate surface area is 141 Å². The lowest BCUT2D eigenvalue weighted by Crippen LogP contribution is -2.16. The van der Waals surface area contributed by atoms with Crippen molar-refractivity contribution in [3.8, 4) is 5.75 Å². The SMILES string of the molecule is CC[C@@H](C)Nc1nc(Nc2ccc(O)cc2Cl)cc(C2CC2)n1. The number of aromatic hydroxyl groups is 1. The minimum Gasteiger partial charge on any atom is -0.508 e. The van der Waals surface area contributed by atoms with Gasteiger partial charge in [-0.25, -0.2) is 4.98 Å². The van der Waals surface area contributed by atoms with Gasteiger partial charge in [-0.3, -0.25) is 0 Å². The molecule has 0 aliphatic heterocycles. The van der Waals surface area contributed by atoms with Crippen LogP contribution in [0, 0.1) is 0 Å². The Morgan fingerprint density at radius 2 is 2.09 bits per heavy atom. The van der Waals surface area contributed by atoms with E-state index in [0.717, 1.165) is 12.1 Å². The third kappa shape index (κ3) is 4.05. The fraction of sp³-hybridized carbons (Fsp3) is 0.412. The second-order valence-corrected chi connectivity index (χ2v) is 6.43. The van der Waals surface area contributed by atoms with Crippen LogP contribution in [0.15, 0.2) is 24.3 Å². The molecule has 1 aromatic carbocycles. The molecule has 5 nitrogen and oxygen atoms in total. The van der Waals surface area contributed by atoms with Crippen molar-refractivity contribution in [3.05, 3.63) is 35.0 Å². The molecule has 0 unspecified atom stereocenters. The number of halogens is 1. The Hall–Kier alpha value is -2.01. The highest BCUT2D eigenvalue weighted by atomic mass is 35.5. The maximum absolute atomic E-state index is 9.45. The largest absolute Gasteiger partial charge is 0.508 e. The van der Waals surface area contributed by atoms with Crippen LogP contribution in [0.25, 0.3) is 0 Å². The van der Waals surface area contributed by atoms with Gasteiger partial charge in [0.25, 0.3) is 0 Å². The Morgan fingerprint density at radius 3 is 2.74 bits per heavy atom. The van der Waals surface area contributed by atoms with Crippen molar-refractivity contribution in [1.29, 1.82) is 0 Å². The second kappa shape index (κ2) is 6.62. The standard InChI is InChI=1S/C17H21ClN4O/c1-3-10(2)19-17-21-15(11-4-5-11)9-16(22-17)20-14-7-6-12(23)8-13(14)18/h6-11,23H,3-5H2,1-2H3,(H2,19,20,21,22)/t10-/m1/s1. The van der Waals surface area contributed by atoms with Crippen molar-refractivity contribution < 1.29 is 5.11 Å². The number of nitrogens with one attached hydrogen (secondary N) is 2. The molecule has 1 heterocycles. The molecule has 0 spiro atoms. The van der Waals surface area contributed by atoms with Crippen LogP contribution in [0.5, 0.6) is 5.75 Å². The van der Waals surface area contributed by atoms with Gasteiger partial charge in [-0.15, -0.1) is 0 Å². The van der Waals surface area contributed by atoms with Gasteiger partial charge in [0.05, 0.1) is 16.4 Å². The molecule has 1 atom stereocenters. The van der Waals surface area contributed by atoms with Gasteiger partial charge in [-0.1, -0.05) is 18.5 Å². The summed E-state index contributed by atoms with van der Waals surface area (Å²) in [5.41, 5.74) is 1.77. The van der Waals surface area contributed by atoms with E-state index in [1.807, 2.05) is 6.07 Å². The van der Waals surface area contributed by atoms with E-state index in [1.165, 1.54) is 18.9 Å². The molecule has 122 valence electrons. The summed E-state index contributed by atoms with van der Waals surface area (Å²) in [7, 11) is 0. The maximum atomic E-state index is 9.45. The van der Waals surface area contributed by atoms with Crippen LogP contribution in [0.4, 0.5) is 17.5 Å². The van der Waals surface area contributed by atoms with Gasteiger partial charge in [0.15, 0.2) is 0 Å². The van der Waals surface area contributed by atoms with Crippen molar-refractivity contribution in [3.63, 3.8) is 0 Å². The van der Waals surface area contributed by atoms with E-state index >= 15 is 0 Å². The first-order valence-corrected chi connectivity index (χ1v) is 8.34. The average Bonchev–Trinajstić information content (AvgIpc) is 3.34. The minimum atomic E-state index is 0.140. The lowest BCUT2D eigenvalue weighted by atomic mass is 10.2. The van der Waals surface area contributed by atoms with E-state index in [9.17, 15) is 5.11 Å². The van der Waals surface area contributed by atoms with Gasteiger partial charge in [0, 0.05) is 24.1 Å². The van der Waals surface area contributed by atoms with E-state index in [-0.39, 0.29) is 5.75 Å². The number of nitrogens with zero attached hydrogens (tertiary/aromatic N) is 2. The van der Waals surface area contributed by atoms with Gasteiger partial charge in [-0.05, 0) is 38.3 Å². The van der Waals surface area contributed by atoms with Crippen molar-refractivity contribution >= 4 is 29.1 Å². The smallest absolute Gasteiger partial charge is 0.225 e. The zero-order valence-corrected chi connectivity index (χ0v) is 14.1. The van der Waals surface area contributed by atoms with E-state index in [1.54, 1.807) is 12.1 Å². The molecule has 0 bridgehead atoms. The molecule has 1 aliphatic carbocycles. The number of benzene rings is 1. The molecule has 1 saturated carbocycles. The summed E-state index contributed by atoms with van der Waals surface area (Å²) >= 11 is 6.16. The molecule has 23 heavy (non-hydrogen) atoms. The van der Waals surface area contributed by atoms with Crippen LogP contribution in [-0.2, 0) is 0 Å². The number of aromatic nitrogens is 2. The Kier molecular flexibility index (Phi) is 4.57. The molecule has 0 saturated heterocycles. The molecular formula is C17H21ClN4O. The molecule has 0 radical (unpaired) electrons. The number of phenolic OH excluding ortho intramolecular Hbond substituents is 1. The van der Waals surface area contributed by atoms with Crippen molar-refractivity contribution in [2.24, 2.45) is 0 Å². The fourth-order valence-corrected chi connectivity index (χ4v) is 2.47. The summed E-state index contributed by atoms with van der Waals surface area (Å²) in [6, 6.07) is 7.12. The highest BCUT2D eigenvalue weighted by molar-refractivity contribution is 6.33. The highest BCUT2D eigenvalue weighted by Gasteiger charge is 2.26. The molecular weight excluding hydrogens is 312 g/mol. The zero-order valence-electron chi connectivity index (χ0n) is 13.3. The van der Waals surface area contributed by atoms with Crippen molar-refractivity contribution in [2.75, 3.05) is 10.6 Å². The average molecular weight is 333 g/mol. The molecule has 1 aromatic heterocycles. The molecule has 3 N–H and O–H groups in total. The van der Waals surface area contributed by atoms with Crippen LogP contribution >= 0.6 is 11.6 Å². The van der Waals surface area contributed by atoms with E-state index in [2.05, 4.69) is 34.4 Å². The van der Waals surface area contributed by atoms with Crippen molar-refractivity contribution in [2.45, 2.75) is 45.1 Å². The number of anilines is 3. The van der Waals surface area contributed by atoms with Gasteiger partial charge < -0.3 is 15.7 Å². The minimum absolute atomic E-state index is 0.140. The summed E-state index contributed by atoms with van der Waals surface area (Å²) < 4.78 is 0. The first-order chi connectivity index (χ1) is 11.0. The lowest BCUT2D eigenvalue weighted by molar-refractivity contribution is 0.475. The third-order valence-electron chi connectivity index (χ3n) is 3.94. The summed E-state index contributed by atoms with van der Waals surface area (Å²) in [6.45, 7) is 4.23. The van der Waals surface area contributed by atoms with Crippen LogP contribution in [0.1, 0.15) is 44.7 Å². The van der Waals surface area contributed by atoms with Gasteiger partial charge in [0.1, 0.15) is 11.6 Å². The van der Waals surface area contributed by atoms with Gasteiger partial charge in [0.2, 0.25) is 5.95 Å². The molecule has 6 heteroatoms. The topological polar surface area (TPSA) is 70.1 Å². The quantitative estimate of drug-likeness (QED) is 0.671. The van der Waals surface area contributed by atoms with E-state index < -0.39 is 0 Å². The number of phenols is 1. The summed E-state index contributed by atoms with van der Waals surface area (Å²) in [4.78, 5) is 9.16. The molecule has 1 fully saturated rings. The zero-order chi connectivity index (χ0) is 16.4. The summed E-state index contributed by atoms with van der Waals surface area (Å²) in [5, 5.41) is 16.5. The lowest BCUT2D eigenvalue weighted by Gasteiger charge is -2.15. The molecule has 3 rings (SSSR count). The number of rotatable bonds is 6. The van der Waals surface area contributed by atoms with Crippen LogP contribution in [0.2, 0.25) is 5.02 Å². The van der Waals surface area contributed by atoms with E-state index in [4.69, 9.17) is 11.6 Å². The Balaban J connectivity index is 1.87. The van der Waals surface area contributed by atoms with E-state index in [0.29, 0.717) is 34.4 Å². The predicted molar refractivity (Wildman–Crippen MR) is 93.8 cm³/mol. The van der Waals surface area contributed by atoms with Gasteiger partial charge in [-0.2, -0.15) is 4.98 Å². The van der Waals surface area contributed by atoms with Gasteiger partial charge >= 0.3 is 0 Å². The summed E-state index contributed by atoms with van der Waals surface area (Å²) in [6.07, 6.45) is 3.36. The highest BCUT2D eigenvalue weighted by Crippen LogP contribution is 2.40. The number of hydrogen-bond donors (Lipinski definition) is 3. The first-order valence-electron chi connectivity index (χ1n) is 7.96. The number of hydrogen-bond acceptors (Lipinski definition) is 5. The Bertz CT molecular complexity index is 703. The molecule has 1 aliphatic rings. The molecule has 2 aromatic rings. The van der Waals surface area contributed by atoms with Crippen molar-refractivity contribution in [1.82, 2.24) is 9.97 Å². The normalized spacial score (nSPS) is 15.3. The Morgan fingerprint density at radius 1 is 1.30 bits per heavy atom. The van der Waals surface area contributed by atoms with Crippen LogP contribution < -0.4 is 10.6 Å². The van der Waals surface area contributed by atoms with Crippen LogP contribution in [-0.4, -0.2) is 21.1 Å². The first kappa shape index (κ1) is 15.9. The maximum Gasteiger partial charge on any atom is 0.225 e. The monoisotopic (exact) mass is 332 g/mol. The molecule has 0 amide bonds. The fourth-order valence-electron chi connectivity index (χ4n) is 2.25. The summed E-state index contributed by atoms with van der Waals surface area (Å²) in [5.74, 6) is 2.02. The predicted octanol–water partition coefficient (Wildman–Crippen LogP) is 4.67.